The van der Waals surface area contributed by atoms with Crippen LogP contribution in [0.3, 0.4) is 0 Å². The lowest BCUT2D eigenvalue weighted by molar-refractivity contribution is 0.628. The molecule has 0 aliphatic carbocycles. The van der Waals surface area contributed by atoms with Crippen molar-refractivity contribution in [2.45, 2.75) is 13.5 Å². The molecule has 0 fully saturated rings. The van der Waals surface area contributed by atoms with Gasteiger partial charge in [0.1, 0.15) is 11.5 Å². The fourth-order valence-electron chi connectivity index (χ4n) is 2.52. The summed E-state index contributed by atoms with van der Waals surface area (Å²) in [4.78, 5) is 22.1. The number of hydrogen-bond acceptors (Lipinski definition) is 2. The van der Waals surface area contributed by atoms with E-state index in [1.165, 1.54) is 11.5 Å². The highest BCUT2D eigenvalue weighted by Crippen LogP contribution is 2.24. The van der Waals surface area contributed by atoms with Gasteiger partial charge in [0.15, 0.2) is 0 Å². The minimum Gasteiger partial charge on any atom is -0.346 e. The maximum Gasteiger partial charge on any atom is 0.326 e. The fraction of sp³-hybridized carbons (Fsp3) is 0.125. The number of nitrogens with one attached hydrogen (secondary N) is 2. The Hall–Kier alpha value is -2.67. The SMILES string of the molecule is CC(Cn1c(=O)[nH]c2cnc3[nH]ccc3c21)=C(F)/C(Cl)=C\C=C\F. The molecule has 3 aromatic rings. The Morgan fingerprint density at radius 3 is 3.04 bits per heavy atom. The third kappa shape index (κ3) is 2.78. The molecule has 0 spiro atoms. The lowest BCUT2D eigenvalue weighted by Gasteiger charge is -2.06. The molecule has 0 saturated heterocycles. The first kappa shape index (κ1) is 16.2. The summed E-state index contributed by atoms with van der Waals surface area (Å²) >= 11 is 5.78. The maximum atomic E-state index is 14.3. The molecule has 0 saturated carbocycles. The molecule has 24 heavy (non-hydrogen) atoms. The standard InChI is InChI=1S/C16H13ClF2N4O/c1-9(13(19)11(17)3-2-5-18)8-23-14-10-4-6-20-15(10)21-7-12(14)22-16(23)24/h2-7H,8H2,1H3,(H,20,21)(H,22,24)/b5-2+,11-3+,13-9?. The summed E-state index contributed by atoms with van der Waals surface area (Å²) in [6.45, 7) is 1.52. The van der Waals surface area contributed by atoms with E-state index < -0.39 is 5.83 Å². The Kier molecular flexibility index (Phi) is 4.35. The van der Waals surface area contributed by atoms with Gasteiger partial charge in [0, 0.05) is 11.6 Å². The van der Waals surface area contributed by atoms with E-state index in [4.69, 9.17) is 11.6 Å². The van der Waals surface area contributed by atoms with E-state index in [9.17, 15) is 13.6 Å². The number of halogens is 3. The number of rotatable bonds is 4. The highest BCUT2D eigenvalue weighted by molar-refractivity contribution is 6.31. The van der Waals surface area contributed by atoms with Gasteiger partial charge in [-0.15, -0.1) is 0 Å². The number of allylic oxidation sites excluding steroid dienone is 5. The van der Waals surface area contributed by atoms with Crippen LogP contribution in [-0.4, -0.2) is 19.5 Å². The van der Waals surface area contributed by atoms with E-state index in [1.54, 1.807) is 18.5 Å². The average Bonchev–Trinajstić information content (AvgIpc) is 3.16. The third-order valence-electron chi connectivity index (χ3n) is 3.61. The average molecular weight is 351 g/mol. The zero-order chi connectivity index (χ0) is 17.3. The van der Waals surface area contributed by atoms with Crippen molar-refractivity contribution < 1.29 is 8.78 Å². The van der Waals surface area contributed by atoms with Crippen LogP contribution in [-0.2, 0) is 6.54 Å². The summed E-state index contributed by atoms with van der Waals surface area (Å²) < 4.78 is 27.7. The Bertz CT molecular complexity index is 1060. The van der Waals surface area contributed by atoms with Crippen molar-refractivity contribution in [3.8, 4) is 0 Å². The minimum atomic E-state index is -0.699. The van der Waals surface area contributed by atoms with Crippen molar-refractivity contribution in [1.29, 1.82) is 0 Å². The summed E-state index contributed by atoms with van der Waals surface area (Å²) in [6, 6.07) is 1.79. The highest BCUT2D eigenvalue weighted by Gasteiger charge is 2.14. The minimum absolute atomic E-state index is 0.00163. The lowest BCUT2D eigenvalue weighted by Crippen LogP contribution is -2.17. The van der Waals surface area contributed by atoms with Gasteiger partial charge >= 0.3 is 5.69 Å². The lowest BCUT2D eigenvalue weighted by atomic mass is 10.2. The van der Waals surface area contributed by atoms with Crippen molar-refractivity contribution >= 4 is 33.7 Å². The normalized spacial score (nSPS) is 14.1. The molecule has 0 radical (unpaired) electrons. The summed E-state index contributed by atoms with van der Waals surface area (Å²) in [7, 11) is 0. The zero-order valence-electron chi connectivity index (χ0n) is 12.6. The van der Waals surface area contributed by atoms with E-state index in [2.05, 4.69) is 15.0 Å². The van der Waals surface area contributed by atoms with Crippen LogP contribution >= 0.6 is 11.6 Å². The van der Waals surface area contributed by atoms with Gasteiger partial charge < -0.3 is 9.97 Å². The van der Waals surface area contributed by atoms with Crippen LogP contribution in [0.25, 0.3) is 22.1 Å². The van der Waals surface area contributed by atoms with Crippen molar-refractivity contribution in [3.63, 3.8) is 0 Å². The third-order valence-corrected chi connectivity index (χ3v) is 3.90. The first-order valence-corrected chi connectivity index (χ1v) is 7.43. The van der Waals surface area contributed by atoms with Gasteiger partial charge in [-0.2, -0.15) is 0 Å². The second-order valence-corrected chi connectivity index (χ2v) is 5.61. The summed E-state index contributed by atoms with van der Waals surface area (Å²) in [5.74, 6) is -0.699. The quantitative estimate of drug-likeness (QED) is 0.697. The van der Waals surface area contributed by atoms with Crippen LogP contribution in [0, 0.1) is 0 Å². The Morgan fingerprint density at radius 2 is 2.29 bits per heavy atom. The smallest absolute Gasteiger partial charge is 0.326 e. The molecule has 0 aliphatic rings. The topological polar surface area (TPSA) is 66.5 Å². The Morgan fingerprint density at radius 1 is 1.50 bits per heavy atom. The zero-order valence-corrected chi connectivity index (χ0v) is 13.4. The predicted octanol–water partition coefficient (Wildman–Crippen LogP) is 4.06. The van der Waals surface area contributed by atoms with Crippen LogP contribution < -0.4 is 5.69 Å². The molecule has 3 aromatic heterocycles. The molecule has 0 amide bonds. The van der Waals surface area contributed by atoms with Gasteiger partial charge in [-0.05, 0) is 30.7 Å². The summed E-state index contributed by atoms with van der Waals surface area (Å²) in [6.07, 6.45) is 5.60. The second-order valence-electron chi connectivity index (χ2n) is 5.20. The molecule has 8 heteroatoms. The van der Waals surface area contributed by atoms with Crippen LogP contribution in [0.15, 0.2) is 58.2 Å². The van der Waals surface area contributed by atoms with Crippen molar-refractivity contribution in [2.24, 2.45) is 0 Å². The Balaban J connectivity index is 2.11. The predicted molar refractivity (Wildman–Crippen MR) is 90.2 cm³/mol. The van der Waals surface area contributed by atoms with Gasteiger partial charge in [-0.25, -0.2) is 18.6 Å². The maximum absolute atomic E-state index is 14.3. The van der Waals surface area contributed by atoms with Crippen LogP contribution in [0.2, 0.25) is 0 Å². The van der Waals surface area contributed by atoms with Crippen LogP contribution in [0.5, 0.6) is 0 Å². The number of aromatic nitrogens is 4. The number of aromatic amines is 2. The largest absolute Gasteiger partial charge is 0.346 e. The van der Waals surface area contributed by atoms with E-state index in [0.29, 0.717) is 16.7 Å². The van der Waals surface area contributed by atoms with Crippen molar-refractivity contribution in [1.82, 2.24) is 19.5 Å². The van der Waals surface area contributed by atoms with E-state index in [1.807, 2.05) is 0 Å². The van der Waals surface area contributed by atoms with Crippen LogP contribution in [0.4, 0.5) is 8.78 Å². The van der Waals surface area contributed by atoms with Crippen molar-refractivity contribution in [2.75, 3.05) is 0 Å². The van der Waals surface area contributed by atoms with Gasteiger partial charge in [0.05, 0.1) is 35.1 Å². The molecule has 0 atom stereocenters. The Labute approximate surface area is 140 Å². The van der Waals surface area contributed by atoms with Crippen LogP contribution in [0.1, 0.15) is 6.92 Å². The number of nitrogens with zero attached hydrogens (tertiary/aromatic N) is 2. The van der Waals surface area contributed by atoms with E-state index >= 15 is 0 Å². The first-order valence-electron chi connectivity index (χ1n) is 7.05. The number of fused-ring (bicyclic) bond motifs is 3. The molecule has 2 N–H and O–H groups in total. The van der Waals surface area contributed by atoms with Gasteiger partial charge in [-0.1, -0.05) is 11.6 Å². The molecule has 0 aromatic carbocycles. The summed E-state index contributed by atoms with van der Waals surface area (Å²) in [5, 5.41) is 0.517. The first-order chi connectivity index (χ1) is 11.5. The van der Waals surface area contributed by atoms with Crippen molar-refractivity contribution in [3.05, 3.63) is 63.9 Å². The van der Waals surface area contributed by atoms with Gasteiger partial charge in [0.2, 0.25) is 0 Å². The molecular formula is C16H13ClF2N4O. The number of hydrogen-bond donors (Lipinski definition) is 2. The van der Waals surface area contributed by atoms with Gasteiger partial charge in [0.25, 0.3) is 0 Å². The number of imidazole rings is 1. The molecule has 3 rings (SSSR count). The second kappa shape index (κ2) is 6.45. The van der Waals surface area contributed by atoms with E-state index in [-0.39, 0.29) is 29.2 Å². The molecular weight excluding hydrogens is 338 g/mol. The number of pyridine rings is 1. The molecule has 0 aliphatic heterocycles. The molecule has 0 bridgehead atoms. The number of H-pyrrole nitrogens is 2. The fourth-order valence-corrected chi connectivity index (χ4v) is 2.75. The molecule has 124 valence electrons. The molecule has 0 unspecified atom stereocenters. The van der Waals surface area contributed by atoms with Gasteiger partial charge in [-0.3, -0.25) is 4.57 Å². The molecule has 3 heterocycles. The highest BCUT2D eigenvalue weighted by atomic mass is 35.5. The molecule has 5 nitrogen and oxygen atoms in total. The summed E-state index contributed by atoms with van der Waals surface area (Å²) in [5.41, 5.74) is 1.68. The monoisotopic (exact) mass is 350 g/mol. The van der Waals surface area contributed by atoms with E-state index in [0.717, 1.165) is 17.5 Å².